The smallest absolute Gasteiger partial charge is 0.253 e. The molecule has 0 aliphatic rings. The molecule has 1 heterocycles. The van der Waals surface area contributed by atoms with Gasteiger partial charge in [0.1, 0.15) is 5.82 Å². The molecule has 0 saturated heterocycles. The van der Waals surface area contributed by atoms with Crippen molar-refractivity contribution in [2.24, 2.45) is 0 Å². The quantitative estimate of drug-likeness (QED) is 0.770. The van der Waals surface area contributed by atoms with E-state index in [-0.39, 0.29) is 5.91 Å². The number of nitrogens with zero attached hydrogens (tertiary/aromatic N) is 2. The van der Waals surface area contributed by atoms with E-state index in [0.29, 0.717) is 5.56 Å². The van der Waals surface area contributed by atoms with Gasteiger partial charge in [0.2, 0.25) is 0 Å². The third-order valence-corrected chi connectivity index (χ3v) is 2.71. The molecular weight excluding hydrogens is 214 g/mol. The molecule has 0 saturated carbocycles. The SMILES string of the molecule is CCCCCN(C)C(=O)c1ccnc(NC)c1. The molecule has 1 rings (SSSR count). The molecule has 1 aromatic heterocycles. The summed E-state index contributed by atoms with van der Waals surface area (Å²) in [7, 11) is 3.64. The van der Waals surface area contributed by atoms with E-state index >= 15 is 0 Å². The summed E-state index contributed by atoms with van der Waals surface area (Å²) in [6.07, 6.45) is 5.04. The van der Waals surface area contributed by atoms with Crippen molar-refractivity contribution in [3.8, 4) is 0 Å². The van der Waals surface area contributed by atoms with Crippen molar-refractivity contribution in [2.45, 2.75) is 26.2 Å². The molecule has 4 heteroatoms. The fourth-order valence-electron chi connectivity index (χ4n) is 1.62. The highest BCUT2D eigenvalue weighted by Gasteiger charge is 2.11. The molecule has 1 N–H and O–H groups in total. The van der Waals surface area contributed by atoms with Crippen LogP contribution in [0, 0.1) is 0 Å². The zero-order valence-electron chi connectivity index (χ0n) is 10.9. The second-order valence-electron chi connectivity index (χ2n) is 4.11. The zero-order chi connectivity index (χ0) is 12.7. The number of rotatable bonds is 6. The van der Waals surface area contributed by atoms with Crippen molar-refractivity contribution < 1.29 is 4.79 Å². The predicted molar refractivity (Wildman–Crippen MR) is 70.3 cm³/mol. The maximum absolute atomic E-state index is 12.1. The fraction of sp³-hybridized carbons (Fsp3) is 0.538. The van der Waals surface area contributed by atoms with Crippen LogP contribution in [0.3, 0.4) is 0 Å². The van der Waals surface area contributed by atoms with Gasteiger partial charge < -0.3 is 10.2 Å². The molecule has 0 fully saturated rings. The van der Waals surface area contributed by atoms with E-state index in [1.807, 2.05) is 7.05 Å². The molecule has 0 spiro atoms. The number of pyridine rings is 1. The molecule has 94 valence electrons. The van der Waals surface area contributed by atoms with Crippen molar-refractivity contribution in [1.82, 2.24) is 9.88 Å². The lowest BCUT2D eigenvalue weighted by molar-refractivity contribution is 0.0792. The van der Waals surface area contributed by atoms with Crippen molar-refractivity contribution >= 4 is 11.7 Å². The van der Waals surface area contributed by atoms with Crippen LogP contribution in [-0.4, -0.2) is 36.4 Å². The monoisotopic (exact) mass is 235 g/mol. The standard InChI is InChI=1S/C13H21N3O/c1-4-5-6-9-16(3)13(17)11-7-8-15-12(10-11)14-2/h7-8,10H,4-6,9H2,1-3H3,(H,14,15). The van der Waals surface area contributed by atoms with Crippen molar-refractivity contribution in [2.75, 3.05) is 26.0 Å². The summed E-state index contributed by atoms with van der Waals surface area (Å²) in [5.74, 6) is 0.776. The Morgan fingerprint density at radius 3 is 2.88 bits per heavy atom. The van der Waals surface area contributed by atoms with Gasteiger partial charge in [-0.1, -0.05) is 19.8 Å². The Balaban J connectivity index is 2.61. The zero-order valence-corrected chi connectivity index (χ0v) is 10.9. The third-order valence-electron chi connectivity index (χ3n) is 2.71. The molecule has 17 heavy (non-hydrogen) atoms. The molecule has 1 aromatic rings. The maximum Gasteiger partial charge on any atom is 0.253 e. The molecule has 0 radical (unpaired) electrons. The Labute approximate surface area is 103 Å². The number of aromatic nitrogens is 1. The second kappa shape index (κ2) is 6.89. The van der Waals surface area contributed by atoms with E-state index in [0.717, 1.165) is 25.2 Å². The Kier molecular flexibility index (Phi) is 5.46. The van der Waals surface area contributed by atoms with Gasteiger partial charge >= 0.3 is 0 Å². The molecule has 0 aliphatic carbocycles. The first-order valence-corrected chi connectivity index (χ1v) is 6.08. The minimum Gasteiger partial charge on any atom is -0.373 e. The van der Waals surface area contributed by atoms with Crippen molar-refractivity contribution in [3.63, 3.8) is 0 Å². The molecule has 0 aliphatic heterocycles. The van der Waals surface area contributed by atoms with Crippen LogP contribution >= 0.6 is 0 Å². The van der Waals surface area contributed by atoms with Crippen LogP contribution < -0.4 is 5.32 Å². The third kappa shape index (κ3) is 4.06. The van der Waals surface area contributed by atoms with Gasteiger partial charge in [0, 0.05) is 32.4 Å². The highest BCUT2D eigenvalue weighted by atomic mass is 16.2. The number of nitrogens with one attached hydrogen (secondary N) is 1. The predicted octanol–water partition coefficient (Wildman–Crippen LogP) is 2.39. The Morgan fingerprint density at radius 1 is 1.47 bits per heavy atom. The average molecular weight is 235 g/mol. The Hall–Kier alpha value is -1.58. The van der Waals surface area contributed by atoms with E-state index in [1.165, 1.54) is 6.42 Å². The van der Waals surface area contributed by atoms with Crippen molar-refractivity contribution in [1.29, 1.82) is 0 Å². The summed E-state index contributed by atoms with van der Waals surface area (Å²) in [5, 5.41) is 2.93. The van der Waals surface area contributed by atoms with Crippen molar-refractivity contribution in [3.05, 3.63) is 23.9 Å². The van der Waals surface area contributed by atoms with E-state index in [9.17, 15) is 4.79 Å². The number of anilines is 1. The molecule has 1 amide bonds. The second-order valence-corrected chi connectivity index (χ2v) is 4.11. The summed E-state index contributed by atoms with van der Waals surface area (Å²) in [4.78, 5) is 17.9. The van der Waals surface area contributed by atoms with Gasteiger partial charge in [0.15, 0.2) is 0 Å². The number of hydrogen-bond acceptors (Lipinski definition) is 3. The number of hydrogen-bond donors (Lipinski definition) is 1. The Morgan fingerprint density at radius 2 is 2.24 bits per heavy atom. The van der Waals surface area contributed by atoms with Gasteiger partial charge in [0.25, 0.3) is 5.91 Å². The highest BCUT2D eigenvalue weighted by molar-refractivity contribution is 5.94. The van der Waals surface area contributed by atoms with Gasteiger partial charge in [-0.25, -0.2) is 4.98 Å². The molecule has 0 atom stereocenters. The number of amides is 1. The van der Waals surface area contributed by atoms with Crippen LogP contribution in [0.4, 0.5) is 5.82 Å². The van der Waals surface area contributed by atoms with Crippen LogP contribution in [0.2, 0.25) is 0 Å². The van der Waals surface area contributed by atoms with Crippen LogP contribution in [0.5, 0.6) is 0 Å². The summed E-state index contributed by atoms with van der Waals surface area (Å²) in [6.45, 7) is 2.97. The number of carbonyl (C=O) groups is 1. The molecule has 4 nitrogen and oxygen atoms in total. The van der Waals surface area contributed by atoms with Gasteiger partial charge in [0.05, 0.1) is 0 Å². The first-order chi connectivity index (χ1) is 8.19. The van der Waals surface area contributed by atoms with E-state index in [2.05, 4.69) is 17.2 Å². The number of carbonyl (C=O) groups excluding carboxylic acids is 1. The minimum absolute atomic E-state index is 0.0556. The number of unbranched alkanes of at least 4 members (excludes halogenated alkanes) is 2. The van der Waals surface area contributed by atoms with Crippen LogP contribution in [0.15, 0.2) is 18.3 Å². The minimum atomic E-state index is 0.0556. The van der Waals surface area contributed by atoms with Gasteiger partial charge in [-0.3, -0.25) is 4.79 Å². The highest BCUT2D eigenvalue weighted by Crippen LogP contribution is 2.09. The molecule has 0 aromatic carbocycles. The lowest BCUT2D eigenvalue weighted by Crippen LogP contribution is -2.27. The average Bonchev–Trinajstić information content (AvgIpc) is 2.38. The van der Waals surface area contributed by atoms with Crippen LogP contribution in [0.25, 0.3) is 0 Å². The lowest BCUT2D eigenvalue weighted by Gasteiger charge is -2.17. The normalized spacial score (nSPS) is 10.1. The molecular formula is C13H21N3O. The summed E-state index contributed by atoms with van der Waals surface area (Å²) in [5.41, 5.74) is 0.684. The topological polar surface area (TPSA) is 45.2 Å². The maximum atomic E-state index is 12.1. The largest absolute Gasteiger partial charge is 0.373 e. The van der Waals surface area contributed by atoms with E-state index in [4.69, 9.17) is 0 Å². The van der Waals surface area contributed by atoms with E-state index in [1.54, 1.807) is 30.3 Å². The first-order valence-electron chi connectivity index (χ1n) is 6.08. The van der Waals surface area contributed by atoms with E-state index < -0.39 is 0 Å². The molecule has 0 bridgehead atoms. The van der Waals surface area contributed by atoms with Gasteiger partial charge in [-0.2, -0.15) is 0 Å². The van der Waals surface area contributed by atoms with Gasteiger partial charge in [-0.05, 0) is 18.6 Å². The lowest BCUT2D eigenvalue weighted by atomic mass is 10.2. The first kappa shape index (κ1) is 13.5. The fourth-order valence-corrected chi connectivity index (χ4v) is 1.62. The Bertz CT molecular complexity index is 365. The molecule has 0 unspecified atom stereocenters. The summed E-state index contributed by atoms with van der Waals surface area (Å²) >= 11 is 0. The summed E-state index contributed by atoms with van der Waals surface area (Å²) in [6, 6.07) is 3.53. The van der Waals surface area contributed by atoms with Crippen LogP contribution in [-0.2, 0) is 0 Å². The summed E-state index contributed by atoms with van der Waals surface area (Å²) < 4.78 is 0. The van der Waals surface area contributed by atoms with Gasteiger partial charge in [-0.15, -0.1) is 0 Å². The van der Waals surface area contributed by atoms with Crippen LogP contribution in [0.1, 0.15) is 36.5 Å².